The van der Waals surface area contributed by atoms with Gasteiger partial charge in [-0.2, -0.15) is 0 Å². The lowest BCUT2D eigenvalue weighted by Gasteiger charge is -1.93. The fourth-order valence-electron chi connectivity index (χ4n) is 0.596. The van der Waals surface area contributed by atoms with Crippen molar-refractivity contribution in [3.05, 3.63) is 10.7 Å². The Morgan fingerprint density at radius 2 is 2.36 bits per heavy atom. The molecule has 0 bridgehead atoms. The summed E-state index contributed by atoms with van der Waals surface area (Å²) in [5, 5.41) is 6.29. The van der Waals surface area contributed by atoms with Crippen molar-refractivity contribution in [3.63, 3.8) is 0 Å². The van der Waals surface area contributed by atoms with E-state index in [0.29, 0.717) is 10.7 Å². The zero-order valence-electron chi connectivity index (χ0n) is 6.14. The third-order valence-electron chi connectivity index (χ3n) is 1.08. The Labute approximate surface area is 68.5 Å². The molecular weight excluding hydrogens is 168 g/mol. The van der Waals surface area contributed by atoms with E-state index in [-0.39, 0.29) is 11.8 Å². The smallest absolute Gasteiger partial charge is 0.250 e. The number of hydrogen-bond acceptors (Lipinski definition) is 3. The molecule has 0 unspecified atom stereocenters. The molecule has 11 heavy (non-hydrogen) atoms. The fourth-order valence-corrected chi connectivity index (χ4v) is 0.712. The largest absolute Gasteiger partial charge is 0.336 e. The zero-order valence-corrected chi connectivity index (χ0v) is 6.90. The van der Waals surface area contributed by atoms with Gasteiger partial charge in [0.25, 0.3) is 0 Å². The molecule has 0 fully saturated rings. The lowest BCUT2D eigenvalue weighted by molar-refractivity contribution is -0.114. The number of carbonyl (C=O) groups is 1. The van der Waals surface area contributed by atoms with Crippen LogP contribution in [-0.4, -0.2) is 11.1 Å². The molecule has 0 aliphatic rings. The Hall–Kier alpha value is -1.03. The summed E-state index contributed by atoms with van der Waals surface area (Å²) in [5.74, 6) is -0.0280. The average Bonchev–Trinajstić information content (AvgIpc) is 2.18. The number of aryl methyl sites for hydroxylation is 1. The molecule has 0 saturated carbocycles. The van der Waals surface area contributed by atoms with Gasteiger partial charge >= 0.3 is 0 Å². The second-order valence-corrected chi connectivity index (χ2v) is 2.47. The lowest BCUT2D eigenvalue weighted by atomic mass is 10.4. The first-order valence-corrected chi connectivity index (χ1v) is 3.38. The normalized spacial score (nSPS) is 9.73. The number of halogens is 1. The summed E-state index contributed by atoms with van der Waals surface area (Å²) in [4.78, 5) is 10.5. The molecule has 1 aromatic heterocycles. The number of carbonyl (C=O) groups excluding carboxylic acids is 1. The Morgan fingerprint density at radius 1 is 1.73 bits per heavy atom. The number of aromatic nitrogens is 1. The van der Waals surface area contributed by atoms with E-state index in [1.165, 1.54) is 6.92 Å². The van der Waals surface area contributed by atoms with Crippen LogP contribution >= 0.6 is 11.6 Å². The van der Waals surface area contributed by atoms with Gasteiger partial charge < -0.3 is 4.52 Å². The summed E-state index contributed by atoms with van der Waals surface area (Å²) < 4.78 is 4.69. The van der Waals surface area contributed by atoms with Gasteiger partial charge in [0.15, 0.2) is 0 Å². The molecule has 1 N–H and O–H groups in total. The molecule has 0 aromatic carbocycles. The second-order valence-electron chi connectivity index (χ2n) is 2.09. The molecule has 4 nitrogen and oxygen atoms in total. The molecule has 5 heteroatoms. The van der Waals surface area contributed by atoms with Gasteiger partial charge in [0.2, 0.25) is 11.8 Å². The van der Waals surface area contributed by atoms with Crippen molar-refractivity contribution in [1.82, 2.24) is 5.16 Å². The van der Waals surface area contributed by atoms with E-state index < -0.39 is 0 Å². The molecule has 1 heterocycles. The molecule has 0 spiro atoms. The van der Waals surface area contributed by atoms with Crippen molar-refractivity contribution in [1.29, 1.82) is 0 Å². The lowest BCUT2D eigenvalue weighted by Crippen LogP contribution is -2.04. The molecule has 0 radical (unpaired) electrons. The molecular formula is C6H7ClN2O2. The Morgan fingerprint density at radius 3 is 2.73 bits per heavy atom. The summed E-state index contributed by atoms with van der Waals surface area (Å²) in [6.07, 6.45) is 0. The van der Waals surface area contributed by atoms with Crippen LogP contribution in [0.5, 0.6) is 0 Å². The van der Waals surface area contributed by atoms with E-state index >= 15 is 0 Å². The van der Waals surface area contributed by atoms with Gasteiger partial charge in [-0.3, -0.25) is 10.1 Å². The highest BCUT2D eigenvalue weighted by atomic mass is 35.5. The van der Waals surface area contributed by atoms with Gasteiger partial charge in [-0.05, 0) is 6.92 Å². The number of hydrogen-bond donors (Lipinski definition) is 1. The first kappa shape index (κ1) is 8.07. The van der Waals surface area contributed by atoms with Crippen molar-refractivity contribution in [2.75, 3.05) is 5.32 Å². The maximum atomic E-state index is 10.5. The molecule has 0 saturated heterocycles. The van der Waals surface area contributed by atoms with Gasteiger partial charge in [0.05, 0.1) is 0 Å². The monoisotopic (exact) mass is 174 g/mol. The number of nitrogens with zero attached hydrogens (tertiary/aromatic N) is 1. The molecule has 0 atom stereocenters. The summed E-state index contributed by atoms with van der Waals surface area (Å²) >= 11 is 5.68. The molecule has 60 valence electrons. The zero-order chi connectivity index (χ0) is 8.43. The van der Waals surface area contributed by atoms with Crippen LogP contribution in [0.4, 0.5) is 5.88 Å². The SMILES string of the molecule is CC(=O)Nc1onc(C)c1Cl. The second kappa shape index (κ2) is 2.92. The van der Waals surface area contributed by atoms with Crippen molar-refractivity contribution in [2.24, 2.45) is 0 Å². The van der Waals surface area contributed by atoms with E-state index in [1.807, 2.05) is 0 Å². The first-order chi connectivity index (χ1) is 5.11. The van der Waals surface area contributed by atoms with Gasteiger partial charge in [-0.15, -0.1) is 0 Å². The Bertz CT molecular complexity index is 282. The van der Waals surface area contributed by atoms with E-state index in [1.54, 1.807) is 6.92 Å². The van der Waals surface area contributed by atoms with Crippen LogP contribution in [0.25, 0.3) is 0 Å². The summed E-state index contributed by atoms with van der Waals surface area (Å²) in [6, 6.07) is 0. The van der Waals surface area contributed by atoms with Crippen molar-refractivity contribution >= 4 is 23.4 Å². The fraction of sp³-hybridized carbons (Fsp3) is 0.333. The van der Waals surface area contributed by atoms with Gasteiger partial charge in [0, 0.05) is 6.92 Å². The van der Waals surface area contributed by atoms with Crippen LogP contribution in [0.3, 0.4) is 0 Å². The van der Waals surface area contributed by atoms with Gasteiger partial charge in [0.1, 0.15) is 10.7 Å². The van der Waals surface area contributed by atoms with Crippen molar-refractivity contribution in [2.45, 2.75) is 13.8 Å². The van der Waals surface area contributed by atoms with Crippen molar-refractivity contribution in [3.8, 4) is 0 Å². The predicted molar refractivity (Wildman–Crippen MR) is 40.6 cm³/mol. The topological polar surface area (TPSA) is 55.1 Å². The minimum absolute atomic E-state index is 0.205. The average molecular weight is 175 g/mol. The molecule has 0 aliphatic heterocycles. The Kier molecular flexibility index (Phi) is 2.14. The molecule has 0 aliphatic carbocycles. The maximum Gasteiger partial charge on any atom is 0.250 e. The number of amides is 1. The minimum Gasteiger partial charge on any atom is -0.336 e. The van der Waals surface area contributed by atoms with E-state index in [0.717, 1.165) is 0 Å². The predicted octanol–water partition coefficient (Wildman–Crippen LogP) is 1.59. The highest BCUT2D eigenvalue weighted by molar-refractivity contribution is 6.33. The summed E-state index contributed by atoms with van der Waals surface area (Å²) in [6.45, 7) is 3.06. The summed E-state index contributed by atoms with van der Waals surface area (Å²) in [7, 11) is 0. The summed E-state index contributed by atoms with van der Waals surface area (Å²) in [5.41, 5.74) is 0.565. The molecule has 1 amide bonds. The minimum atomic E-state index is -0.233. The van der Waals surface area contributed by atoms with Crippen LogP contribution in [0.15, 0.2) is 4.52 Å². The molecule has 1 aromatic rings. The number of nitrogens with one attached hydrogen (secondary N) is 1. The third kappa shape index (κ3) is 1.71. The third-order valence-corrected chi connectivity index (χ3v) is 1.53. The van der Waals surface area contributed by atoms with Crippen LogP contribution in [0.2, 0.25) is 5.02 Å². The van der Waals surface area contributed by atoms with Crippen LogP contribution in [-0.2, 0) is 4.79 Å². The maximum absolute atomic E-state index is 10.5. The highest BCUT2D eigenvalue weighted by Gasteiger charge is 2.10. The quantitative estimate of drug-likeness (QED) is 0.704. The van der Waals surface area contributed by atoms with E-state index in [4.69, 9.17) is 16.1 Å². The number of rotatable bonds is 1. The van der Waals surface area contributed by atoms with Crippen LogP contribution in [0, 0.1) is 6.92 Å². The van der Waals surface area contributed by atoms with Crippen LogP contribution < -0.4 is 5.32 Å². The van der Waals surface area contributed by atoms with Gasteiger partial charge in [-0.25, -0.2) is 0 Å². The van der Waals surface area contributed by atoms with Crippen molar-refractivity contribution < 1.29 is 9.32 Å². The van der Waals surface area contributed by atoms with E-state index in [9.17, 15) is 4.79 Å². The first-order valence-electron chi connectivity index (χ1n) is 3.00. The number of anilines is 1. The van der Waals surface area contributed by atoms with E-state index in [2.05, 4.69) is 10.5 Å². The Balaban J connectivity index is 2.87. The standard InChI is InChI=1S/C6H7ClN2O2/c1-3-5(7)6(11-9-3)8-4(2)10/h1-2H3,(H,8,10). The highest BCUT2D eigenvalue weighted by Crippen LogP contribution is 2.24. The van der Waals surface area contributed by atoms with Gasteiger partial charge in [-0.1, -0.05) is 16.8 Å². The molecule has 1 rings (SSSR count). The van der Waals surface area contributed by atoms with Crippen LogP contribution in [0.1, 0.15) is 12.6 Å².